The van der Waals surface area contributed by atoms with Gasteiger partial charge in [0.1, 0.15) is 11.4 Å². The van der Waals surface area contributed by atoms with Gasteiger partial charge in [0.05, 0.1) is 31.5 Å². The van der Waals surface area contributed by atoms with Gasteiger partial charge in [0.25, 0.3) is 0 Å². The summed E-state index contributed by atoms with van der Waals surface area (Å²) in [6, 6.07) is 7.32. The largest absolute Gasteiger partial charge is 0.495 e. The van der Waals surface area contributed by atoms with Gasteiger partial charge in [-0.1, -0.05) is 17.3 Å². The number of hydrogen-bond acceptors (Lipinski definition) is 8. The number of para-hydroxylation sites is 2. The van der Waals surface area contributed by atoms with E-state index in [0.717, 1.165) is 0 Å². The van der Waals surface area contributed by atoms with Gasteiger partial charge < -0.3 is 14.6 Å². The number of carbonyl (C=O) groups is 1. The van der Waals surface area contributed by atoms with Crippen molar-refractivity contribution in [1.29, 1.82) is 0 Å². The third kappa shape index (κ3) is 3.77. The molecule has 0 spiro atoms. The highest BCUT2D eigenvalue weighted by atomic mass is 16.5. The minimum absolute atomic E-state index is 0.0938. The summed E-state index contributed by atoms with van der Waals surface area (Å²) in [6.45, 7) is 1.66. The Morgan fingerprint density at radius 1 is 1.33 bits per heavy atom. The van der Waals surface area contributed by atoms with Crippen molar-refractivity contribution in [2.24, 2.45) is 0 Å². The lowest BCUT2D eigenvalue weighted by Gasteiger charge is -2.36. The lowest BCUT2D eigenvalue weighted by molar-refractivity contribution is -0.118. The highest BCUT2D eigenvalue weighted by molar-refractivity contribution is 5.93. The molecule has 1 aliphatic rings. The van der Waals surface area contributed by atoms with Gasteiger partial charge in [-0.15, -0.1) is 0 Å². The molecule has 0 unspecified atom stereocenters. The summed E-state index contributed by atoms with van der Waals surface area (Å²) in [5.41, 5.74) is 1.23. The number of amides is 1. The zero-order valence-electron chi connectivity index (χ0n) is 14.7. The van der Waals surface area contributed by atoms with E-state index in [1.54, 1.807) is 31.8 Å². The Morgan fingerprint density at radius 2 is 2.19 bits per heavy atom. The predicted octanol–water partition coefficient (Wildman–Crippen LogP) is 1.57. The molecule has 1 amide bonds. The maximum atomic E-state index is 12.2. The molecule has 1 aromatic carbocycles. The van der Waals surface area contributed by atoms with Gasteiger partial charge in [-0.05, 0) is 12.1 Å². The molecule has 0 radical (unpaired) electrons. The normalized spacial score (nSPS) is 14.6. The molecule has 27 heavy (non-hydrogen) atoms. The van der Waals surface area contributed by atoms with Gasteiger partial charge in [-0.3, -0.25) is 14.7 Å². The average molecular weight is 366 g/mol. The highest BCUT2D eigenvalue weighted by Gasteiger charge is 2.33. The number of aromatic nitrogens is 4. The quantitative estimate of drug-likeness (QED) is 0.701. The summed E-state index contributed by atoms with van der Waals surface area (Å²) in [4.78, 5) is 26.8. The second-order valence-corrected chi connectivity index (χ2v) is 6.19. The van der Waals surface area contributed by atoms with Crippen molar-refractivity contribution in [3.05, 3.63) is 48.7 Å². The summed E-state index contributed by atoms with van der Waals surface area (Å²) in [6.07, 6.45) is 4.76. The van der Waals surface area contributed by atoms with E-state index < -0.39 is 0 Å². The molecular formula is C18H18N6O3. The van der Waals surface area contributed by atoms with Crippen molar-refractivity contribution in [3.63, 3.8) is 0 Å². The Hall–Kier alpha value is -3.33. The first-order chi connectivity index (χ1) is 13.2. The number of benzene rings is 1. The van der Waals surface area contributed by atoms with E-state index in [1.165, 1.54) is 0 Å². The zero-order valence-corrected chi connectivity index (χ0v) is 14.7. The van der Waals surface area contributed by atoms with Crippen LogP contribution in [0.15, 0.2) is 47.4 Å². The van der Waals surface area contributed by atoms with Gasteiger partial charge in [0.2, 0.25) is 17.6 Å². The molecule has 0 atom stereocenters. The van der Waals surface area contributed by atoms with Crippen molar-refractivity contribution in [1.82, 2.24) is 25.0 Å². The molecule has 9 heteroatoms. The third-order valence-corrected chi connectivity index (χ3v) is 4.29. The summed E-state index contributed by atoms with van der Waals surface area (Å²) in [7, 11) is 1.57. The first-order valence-electron chi connectivity index (χ1n) is 8.48. The number of rotatable bonds is 6. The minimum atomic E-state index is -0.0938. The van der Waals surface area contributed by atoms with Crippen LogP contribution in [-0.4, -0.2) is 57.7 Å². The fourth-order valence-electron chi connectivity index (χ4n) is 2.92. The fraction of sp³-hybridized carbons (Fsp3) is 0.278. The summed E-state index contributed by atoms with van der Waals surface area (Å²) in [5.74, 6) is 1.63. The monoisotopic (exact) mass is 366 g/mol. The SMILES string of the molecule is COc1ccccc1NC(=O)CN1CC(c2nc(-c3cnccn3)no2)C1. The second kappa shape index (κ2) is 7.50. The van der Waals surface area contributed by atoms with E-state index in [-0.39, 0.29) is 11.8 Å². The van der Waals surface area contributed by atoms with Crippen LogP contribution in [0.5, 0.6) is 5.75 Å². The minimum Gasteiger partial charge on any atom is -0.495 e. The molecule has 1 aliphatic heterocycles. The smallest absolute Gasteiger partial charge is 0.238 e. The Kier molecular flexibility index (Phi) is 4.75. The maximum Gasteiger partial charge on any atom is 0.238 e. The van der Waals surface area contributed by atoms with E-state index in [0.29, 0.717) is 48.5 Å². The standard InChI is InChI=1S/C18H18N6O3/c1-26-15-5-3-2-4-13(15)21-16(25)11-24-9-12(10-24)18-22-17(23-27-18)14-8-19-6-7-20-14/h2-8,12H,9-11H2,1H3,(H,21,25). The molecule has 138 valence electrons. The Labute approximate surface area is 155 Å². The Morgan fingerprint density at radius 3 is 2.96 bits per heavy atom. The molecule has 1 saturated heterocycles. The van der Waals surface area contributed by atoms with Crippen LogP contribution in [-0.2, 0) is 4.79 Å². The summed E-state index contributed by atoms with van der Waals surface area (Å²) < 4.78 is 10.6. The van der Waals surface area contributed by atoms with E-state index in [2.05, 4.69) is 25.4 Å². The molecule has 3 aromatic rings. The number of nitrogens with zero attached hydrogens (tertiary/aromatic N) is 5. The molecule has 2 aromatic heterocycles. The van der Waals surface area contributed by atoms with Crippen molar-refractivity contribution >= 4 is 11.6 Å². The number of likely N-dealkylation sites (tertiary alicyclic amines) is 1. The second-order valence-electron chi connectivity index (χ2n) is 6.19. The highest BCUT2D eigenvalue weighted by Crippen LogP contribution is 2.27. The van der Waals surface area contributed by atoms with Crippen LogP contribution in [0.2, 0.25) is 0 Å². The predicted molar refractivity (Wildman–Crippen MR) is 96.1 cm³/mol. The van der Waals surface area contributed by atoms with Gasteiger partial charge in [0, 0.05) is 25.5 Å². The van der Waals surface area contributed by atoms with E-state index in [4.69, 9.17) is 9.26 Å². The maximum absolute atomic E-state index is 12.2. The fourth-order valence-corrected chi connectivity index (χ4v) is 2.92. The Balaban J connectivity index is 1.30. The number of carbonyl (C=O) groups excluding carboxylic acids is 1. The van der Waals surface area contributed by atoms with E-state index >= 15 is 0 Å². The van der Waals surface area contributed by atoms with Crippen molar-refractivity contribution in [3.8, 4) is 17.3 Å². The first-order valence-corrected chi connectivity index (χ1v) is 8.48. The van der Waals surface area contributed by atoms with Gasteiger partial charge in [-0.2, -0.15) is 4.98 Å². The molecule has 0 saturated carbocycles. The van der Waals surface area contributed by atoms with Crippen LogP contribution in [0.1, 0.15) is 11.8 Å². The van der Waals surface area contributed by atoms with Crippen molar-refractivity contribution in [2.45, 2.75) is 5.92 Å². The van der Waals surface area contributed by atoms with Crippen LogP contribution < -0.4 is 10.1 Å². The number of anilines is 1. The van der Waals surface area contributed by atoms with E-state index in [1.807, 2.05) is 23.1 Å². The van der Waals surface area contributed by atoms with Gasteiger partial charge in [-0.25, -0.2) is 4.98 Å². The molecule has 0 bridgehead atoms. The topological polar surface area (TPSA) is 106 Å². The third-order valence-electron chi connectivity index (χ3n) is 4.29. The summed E-state index contributed by atoms with van der Waals surface area (Å²) in [5, 5.41) is 6.82. The van der Waals surface area contributed by atoms with Gasteiger partial charge >= 0.3 is 0 Å². The van der Waals surface area contributed by atoms with Crippen LogP contribution in [0, 0.1) is 0 Å². The zero-order chi connectivity index (χ0) is 18.6. The van der Waals surface area contributed by atoms with Crippen molar-refractivity contribution < 1.29 is 14.1 Å². The van der Waals surface area contributed by atoms with E-state index in [9.17, 15) is 4.79 Å². The van der Waals surface area contributed by atoms with Crippen molar-refractivity contribution in [2.75, 3.05) is 32.1 Å². The van der Waals surface area contributed by atoms with Crippen LogP contribution in [0.3, 0.4) is 0 Å². The molecule has 4 rings (SSSR count). The molecule has 1 N–H and O–H groups in total. The lowest BCUT2D eigenvalue weighted by Crippen LogP contribution is -2.48. The van der Waals surface area contributed by atoms with Gasteiger partial charge in [0.15, 0.2) is 0 Å². The van der Waals surface area contributed by atoms with Crippen LogP contribution in [0.25, 0.3) is 11.5 Å². The molecular weight excluding hydrogens is 348 g/mol. The molecule has 3 heterocycles. The lowest BCUT2D eigenvalue weighted by atomic mass is 10.0. The number of nitrogens with one attached hydrogen (secondary N) is 1. The van der Waals surface area contributed by atoms with Crippen LogP contribution in [0.4, 0.5) is 5.69 Å². The Bertz CT molecular complexity index is 924. The summed E-state index contributed by atoms with van der Waals surface area (Å²) >= 11 is 0. The number of methoxy groups -OCH3 is 1. The average Bonchev–Trinajstić information content (AvgIpc) is 3.15. The first kappa shape index (κ1) is 17.1. The molecule has 1 fully saturated rings. The molecule has 9 nitrogen and oxygen atoms in total. The van der Waals surface area contributed by atoms with Crippen LogP contribution >= 0.6 is 0 Å². The molecule has 0 aliphatic carbocycles. The number of ether oxygens (including phenoxy) is 1. The number of hydrogen-bond donors (Lipinski definition) is 1.